The van der Waals surface area contributed by atoms with Gasteiger partial charge in [-0.05, 0) is 24.7 Å². The van der Waals surface area contributed by atoms with Gasteiger partial charge in [0.05, 0.1) is 7.11 Å². The predicted octanol–water partition coefficient (Wildman–Crippen LogP) is 2.61. The number of hydrogen-bond donors (Lipinski definition) is 1. The molecule has 0 aliphatic heterocycles. The summed E-state index contributed by atoms with van der Waals surface area (Å²) in [7, 11) is 3.50. The van der Waals surface area contributed by atoms with E-state index in [1.807, 2.05) is 19.2 Å². The van der Waals surface area contributed by atoms with E-state index in [1.165, 1.54) is 0 Å². The van der Waals surface area contributed by atoms with E-state index in [9.17, 15) is 0 Å². The van der Waals surface area contributed by atoms with E-state index in [4.69, 9.17) is 15.9 Å². The molecule has 0 radical (unpaired) electrons. The third-order valence-corrected chi connectivity index (χ3v) is 2.75. The second-order valence-corrected chi connectivity index (χ2v) is 3.97. The van der Waals surface area contributed by atoms with Crippen molar-refractivity contribution in [3.8, 4) is 23.8 Å². The Labute approximate surface area is 116 Å². The lowest BCUT2D eigenvalue weighted by atomic mass is 10.2. The molecule has 5 heteroatoms. The number of nitrogens with one attached hydrogen (secondary N) is 1. The van der Waals surface area contributed by atoms with Crippen molar-refractivity contribution in [2.24, 2.45) is 0 Å². The van der Waals surface area contributed by atoms with E-state index in [0.717, 1.165) is 16.6 Å². The molecule has 3 nitrogen and oxygen atoms in total. The zero-order valence-electron chi connectivity index (χ0n) is 9.75. The Morgan fingerprint density at radius 3 is 2.65 bits per heavy atom. The molecule has 1 N–H and O–H groups in total. The third-order valence-electron chi connectivity index (χ3n) is 2.01. The van der Waals surface area contributed by atoms with Gasteiger partial charge in [0.25, 0.3) is 0 Å². The first kappa shape index (κ1) is 16.1. The Bertz CT molecular complexity index is 404. The highest BCUT2D eigenvalue weighted by Crippen LogP contribution is 2.33. The van der Waals surface area contributed by atoms with Gasteiger partial charge in [-0.2, -0.15) is 0 Å². The van der Waals surface area contributed by atoms with Crippen molar-refractivity contribution in [2.75, 3.05) is 20.8 Å². The smallest absolute Gasteiger partial charge is 0.163 e. The molecule has 0 saturated heterocycles. The van der Waals surface area contributed by atoms with Gasteiger partial charge in [-0.1, -0.05) is 21.9 Å². The van der Waals surface area contributed by atoms with Crippen LogP contribution >= 0.6 is 28.3 Å². The summed E-state index contributed by atoms with van der Waals surface area (Å²) in [5, 5.41) is 3.08. The molecule has 1 aromatic carbocycles. The molecule has 0 heterocycles. The van der Waals surface area contributed by atoms with Crippen LogP contribution in [0.25, 0.3) is 0 Å². The summed E-state index contributed by atoms with van der Waals surface area (Å²) in [5.74, 6) is 3.75. The highest BCUT2D eigenvalue weighted by molar-refractivity contribution is 9.10. The van der Waals surface area contributed by atoms with Gasteiger partial charge in [0, 0.05) is 11.0 Å². The van der Waals surface area contributed by atoms with Crippen LogP contribution in [0.1, 0.15) is 5.56 Å². The highest BCUT2D eigenvalue weighted by Gasteiger charge is 2.09. The normalized spacial score (nSPS) is 9.06. The van der Waals surface area contributed by atoms with Crippen molar-refractivity contribution >= 4 is 28.3 Å². The fourth-order valence-corrected chi connectivity index (χ4v) is 1.76. The van der Waals surface area contributed by atoms with Gasteiger partial charge in [0.2, 0.25) is 0 Å². The molecule has 0 amide bonds. The molecule has 0 spiro atoms. The van der Waals surface area contributed by atoms with Crippen molar-refractivity contribution in [1.29, 1.82) is 0 Å². The summed E-state index contributed by atoms with van der Waals surface area (Å²) >= 11 is 3.48. The predicted molar refractivity (Wildman–Crippen MR) is 75.0 cm³/mol. The maximum Gasteiger partial charge on any atom is 0.163 e. The maximum absolute atomic E-state index is 5.38. The molecule has 0 aliphatic carbocycles. The monoisotopic (exact) mass is 319 g/mol. The number of ether oxygens (including phenoxy) is 2. The van der Waals surface area contributed by atoms with Gasteiger partial charge in [0.1, 0.15) is 6.61 Å². The summed E-state index contributed by atoms with van der Waals surface area (Å²) in [6.07, 6.45) is 5.15. The van der Waals surface area contributed by atoms with Crippen LogP contribution in [-0.2, 0) is 6.54 Å². The number of hydrogen-bond acceptors (Lipinski definition) is 3. The fourth-order valence-electron chi connectivity index (χ4n) is 1.29. The van der Waals surface area contributed by atoms with E-state index < -0.39 is 0 Å². The Hall–Kier alpha value is -0.890. The first-order chi connectivity index (χ1) is 7.72. The molecular formula is C12H15BrClNO2. The fraction of sp³-hybridized carbons (Fsp3) is 0.333. The number of benzene rings is 1. The molecule has 0 aliphatic rings. The van der Waals surface area contributed by atoms with Gasteiger partial charge >= 0.3 is 0 Å². The minimum Gasteiger partial charge on any atom is -0.493 e. The van der Waals surface area contributed by atoms with Crippen molar-refractivity contribution in [2.45, 2.75) is 6.54 Å². The number of halogens is 2. The van der Waals surface area contributed by atoms with Crippen LogP contribution in [0.4, 0.5) is 0 Å². The molecule has 0 aromatic heterocycles. The zero-order valence-corrected chi connectivity index (χ0v) is 12.2. The lowest BCUT2D eigenvalue weighted by molar-refractivity contribution is 0.330. The van der Waals surface area contributed by atoms with E-state index in [1.54, 1.807) is 7.11 Å². The van der Waals surface area contributed by atoms with E-state index in [-0.39, 0.29) is 19.0 Å². The SMILES string of the molecule is C#CCOc1cc(Br)c(CNC)cc1OC.Cl. The van der Waals surface area contributed by atoms with Gasteiger partial charge in [-0.25, -0.2) is 0 Å². The van der Waals surface area contributed by atoms with Crippen LogP contribution in [0.15, 0.2) is 16.6 Å². The highest BCUT2D eigenvalue weighted by atomic mass is 79.9. The molecule has 0 atom stereocenters. The minimum absolute atomic E-state index is 0. The van der Waals surface area contributed by atoms with Crippen LogP contribution in [0.3, 0.4) is 0 Å². The Morgan fingerprint density at radius 2 is 2.12 bits per heavy atom. The van der Waals surface area contributed by atoms with Crippen LogP contribution in [0.2, 0.25) is 0 Å². The molecule has 1 aromatic rings. The van der Waals surface area contributed by atoms with Gasteiger partial charge in [0.15, 0.2) is 11.5 Å². The molecular weight excluding hydrogens is 305 g/mol. The molecule has 94 valence electrons. The number of rotatable bonds is 5. The average Bonchev–Trinajstić information content (AvgIpc) is 2.29. The summed E-state index contributed by atoms with van der Waals surface area (Å²) in [5.41, 5.74) is 1.10. The summed E-state index contributed by atoms with van der Waals surface area (Å²) in [6, 6.07) is 3.79. The summed E-state index contributed by atoms with van der Waals surface area (Å²) in [6.45, 7) is 0.987. The first-order valence-corrected chi connectivity index (χ1v) is 5.59. The molecule has 17 heavy (non-hydrogen) atoms. The largest absolute Gasteiger partial charge is 0.493 e. The lowest BCUT2D eigenvalue weighted by Gasteiger charge is -2.12. The number of terminal acetylenes is 1. The Balaban J connectivity index is 0.00000256. The second kappa shape index (κ2) is 8.24. The summed E-state index contributed by atoms with van der Waals surface area (Å²) < 4.78 is 11.6. The molecule has 0 fully saturated rings. The maximum atomic E-state index is 5.38. The van der Waals surface area contributed by atoms with E-state index in [0.29, 0.717) is 11.5 Å². The standard InChI is InChI=1S/C12H14BrNO2.ClH/c1-4-5-16-12-7-10(13)9(8-14-2)6-11(12)15-3;/h1,6-7,14H,5,8H2,2-3H3;1H. The Morgan fingerprint density at radius 1 is 1.41 bits per heavy atom. The van der Waals surface area contributed by atoms with Crippen LogP contribution in [0, 0.1) is 12.3 Å². The molecule has 1 rings (SSSR count). The van der Waals surface area contributed by atoms with Crippen molar-refractivity contribution < 1.29 is 9.47 Å². The van der Waals surface area contributed by atoms with E-state index in [2.05, 4.69) is 27.2 Å². The average molecular weight is 321 g/mol. The lowest BCUT2D eigenvalue weighted by Crippen LogP contribution is -2.06. The number of methoxy groups -OCH3 is 1. The van der Waals surface area contributed by atoms with Crippen LogP contribution < -0.4 is 14.8 Å². The second-order valence-electron chi connectivity index (χ2n) is 3.12. The van der Waals surface area contributed by atoms with Gasteiger partial charge in [-0.3, -0.25) is 0 Å². The Kier molecular flexibility index (Phi) is 7.81. The molecule has 0 bridgehead atoms. The van der Waals surface area contributed by atoms with Gasteiger partial charge in [-0.15, -0.1) is 18.8 Å². The summed E-state index contributed by atoms with van der Waals surface area (Å²) in [4.78, 5) is 0. The van der Waals surface area contributed by atoms with Crippen molar-refractivity contribution in [1.82, 2.24) is 5.32 Å². The van der Waals surface area contributed by atoms with Gasteiger partial charge < -0.3 is 14.8 Å². The first-order valence-electron chi connectivity index (χ1n) is 4.80. The topological polar surface area (TPSA) is 30.5 Å². The van der Waals surface area contributed by atoms with Crippen molar-refractivity contribution in [3.63, 3.8) is 0 Å². The third kappa shape index (κ3) is 4.47. The van der Waals surface area contributed by atoms with Crippen molar-refractivity contribution in [3.05, 3.63) is 22.2 Å². The van der Waals surface area contributed by atoms with Crippen LogP contribution in [0.5, 0.6) is 11.5 Å². The quantitative estimate of drug-likeness (QED) is 0.846. The minimum atomic E-state index is 0. The molecule has 0 unspecified atom stereocenters. The van der Waals surface area contributed by atoms with Crippen LogP contribution in [-0.4, -0.2) is 20.8 Å². The zero-order chi connectivity index (χ0) is 12.0. The molecule has 0 saturated carbocycles. The van der Waals surface area contributed by atoms with E-state index >= 15 is 0 Å².